The van der Waals surface area contributed by atoms with Gasteiger partial charge in [-0.1, -0.05) is 66.2 Å². The standard InChI is InChI=1S/C27H19ClN4O2S/c28-22-12-6-4-8-17(22)15-30-27(34)20(14-29)26(33)24-21-16-35-23-13-7-5-11-19(23)25(21)32(31-24)18-9-2-1-3-10-18/h1-13,20H,15-16H2,(H,30,34). The third-order valence-electron chi connectivity index (χ3n) is 5.80. The van der Waals surface area contributed by atoms with Crippen LogP contribution in [0.4, 0.5) is 0 Å². The van der Waals surface area contributed by atoms with E-state index in [-0.39, 0.29) is 12.2 Å². The number of thioether (sulfide) groups is 1. The molecule has 8 heteroatoms. The highest BCUT2D eigenvalue weighted by molar-refractivity contribution is 7.98. The largest absolute Gasteiger partial charge is 0.350 e. The van der Waals surface area contributed by atoms with Crippen LogP contribution >= 0.6 is 23.4 Å². The van der Waals surface area contributed by atoms with E-state index in [2.05, 4.69) is 10.4 Å². The molecule has 0 aliphatic carbocycles. The van der Waals surface area contributed by atoms with E-state index in [9.17, 15) is 14.9 Å². The number of rotatable bonds is 6. The molecule has 6 nitrogen and oxygen atoms in total. The Balaban J connectivity index is 1.51. The maximum absolute atomic E-state index is 13.5. The topological polar surface area (TPSA) is 87.8 Å². The quantitative estimate of drug-likeness (QED) is 0.282. The van der Waals surface area contributed by atoms with Gasteiger partial charge in [-0.05, 0) is 29.8 Å². The highest BCUT2D eigenvalue weighted by Crippen LogP contribution is 2.43. The Bertz CT molecular complexity index is 1480. The summed E-state index contributed by atoms with van der Waals surface area (Å²) >= 11 is 7.77. The van der Waals surface area contributed by atoms with E-state index in [1.807, 2.05) is 60.7 Å². The number of amides is 1. The van der Waals surface area contributed by atoms with Gasteiger partial charge in [0.25, 0.3) is 0 Å². The highest BCUT2D eigenvalue weighted by atomic mass is 35.5. The summed E-state index contributed by atoms with van der Waals surface area (Å²) in [7, 11) is 0. The summed E-state index contributed by atoms with van der Waals surface area (Å²) in [6.07, 6.45) is 0. The lowest BCUT2D eigenvalue weighted by Gasteiger charge is -2.18. The molecule has 1 amide bonds. The van der Waals surface area contributed by atoms with Crippen molar-refractivity contribution < 1.29 is 9.59 Å². The molecule has 0 fully saturated rings. The number of benzene rings is 3. The molecule has 4 aromatic rings. The van der Waals surface area contributed by atoms with Gasteiger partial charge >= 0.3 is 0 Å². The van der Waals surface area contributed by atoms with Crippen LogP contribution in [-0.2, 0) is 17.1 Å². The summed E-state index contributed by atoms with van der Waals surface area (Å²) < 4.78 is 1.73. The number of nitrogens with one attached hydrogen (secondary N) is 1. The summed E-state index contributed by atoms with van der Waals surface area (Å²) in [5, 5.41) is 17.6. The van der Waals surface area contributed by atoms with Crippen LogP contribution < -0.4 is 5.32 Å². The maximum Gasteiger partial charge on any atom is 0.245 e. The molecule has 1 N–H and O–H groups in total. The van der Waals surface area contributed by atoms with Gasteiger partial charge in [0, 0.05) is 33.3 Å². The molecule has 0 saturated heterocycles. The van der Waals surface area contributed by atoms with Gasteiger partial charge in [-0.15, -0.1) is 11.8 Å². The molecule has 1 aliphatic heterocycles. The van der Waals surface area contributed by atoms with Crippen LogP contribution in [0, 0.1) is 17.2 Å². The molecular weight excluding hydrogens is 480 g/mol. The van der Waals surface area contributed by atoms with Crippen molar-refractivity contribution in [3.63, 3.8) is 0 Å². The van der Waals surface area contributed by atoms with Crippen molar-refractivity contribution in [1.29, 1.82) is 5.26 Å². The smallest absolute Gasteiger partial charge is 0.245 e. The first-order chi connectivity index (χ1) is 17.1. The lowest BCUT2D eigenvalue weighted by molar-refractivity contribution is -0.122. The van der Waals surface area contributed by atoms with Crippen LogP contribution in [0.5, 0.6) is 0 Å². The molecule has 3 aromatic carbocycles. The molecule has 35 heavy (non-hydrogen) atoms. The number of halogens is 1. The molecule has 1 aliphatic rings. The number of Topliss-reactive ketones (excluding diaryl/α,β-unsaturated/α-hetero) is 1. The monoisotopic (exact) mass is 498 g/mol. The van der Waals surface area contributed by atoms with E-state index in [0.717, 1.165) is 27.4 Å². The Morgan fingerprint density at radius 1 is 1.06 bits per heavy atom. The Hall–Kier alpha value is -3.86. The average Bonchev–Trinajstić information content (AvgIpc) is 3.29. The van der Waals surface area contributed by atoms with Crippen molar-refractivity contribution >= 4 is 35.1 Å². The Morgan fingerprint density at radius 2 is 1.77 bits per heavy atom. The Kier molecular flexibility index (Phi) is 6.41. The number of carbonyl (C=O) groups excluding carboxylic acids is 2. The van der Waals surface area contributed by atoms with Gasteiger partial charge in [0.15, 0.2) is 5.92 Å². The number of carbonyl (C=O) groups is 2. The number of nitrogens with zero attached hydrogens (tertiary/aromatic N) is 3. The van der Waals surface area contributed by atoms with Gasteiger partial charge in [-0.3, -0.25) is 9.59 Å². The zero-order valence-electron chi connectivity index (χ0n) is 18.4. The molecule has 0 bridgehead atoms. The first-order valence-electron chi connectivity index (χ1n) is 10.9. The van der Waals surface area contributed by atoms with E-state index < -0.39 is 17.6 Å². The molecule has 0 saturated carbocycles. The van der Waals surface area contributed by atoms with E-state index in [4.69, 9.17) is 11.6 Å². The van der Waals surface area contributed by atoms with Gasteiger partial charge in [0.1, 0.15) is 5.69 Å². The fourth-order valence-corrected chi connectivity index (χ4v) is 5.33. The van der Waals surface area contributed by atoms with Gasteiger partial charge in [-0.25, -0.2) is 4.68 Å². The van der Waals surface area contributed by atoms with Crippen molar-refractivity contribution in [2.75, 3.05) is 0 Å². The molecule has 1 atom stereocenters. The number of hydrogen-bond acceptors (Lipinski definition) is 5. The van der Waals surface area contributed by atoms with Crippen molar-refractivity contribution in [2.24, 2.45) is 5.92 Å². The fourth-order valence-electron chi connectivity index (χ4n) is 4.05. The molecule has 0 radical (unpaired) electrons. The molecule has 2 heterocycles. The van der Waals surface area contributed by atoms with Crippen molar-refractivity contribution in [1.82, 2.24) is 15.1 Å². The Morgan fingerprint density at radius 3 is 2.54 bits per heavy atom. The lowest BCUT2D eigenvalue weighted by Crippen LogP contribution is -2.34. The van der Waals surface area contributed by atoms with Gasteiger partial charge in [-0.2, -0.15) is 10.4 Å². The number of para-hydroxylation sites is 1. The average molecular weight is 499 g/mol. The molecule has 0 spiro atoms. The summed E-state index contributed by atoms with van der Waals surface area (Å²) in [5.74, 6) is -2.30. The SMILES string of the molecule is N#CC(C(=O)NCc1ccccc1Cl)C(=O)c1nn(-c2ccccc2)c2c1CSc1ccccc1-2. The minimum absolute atomic E-state index is 0.115. The molecule has 1 aromatic heterocycles. The maximum atomic E-state index is 13.5. The van der Waals surface area contributed by atoms with Crippen LogP contribution in [-0.4, -0.2) is 21.5 Å². The van der Waals surface area contributed by atoms with Crippen LogP contribution in [0.25, 0.3) is 16.9 Å². The van der Waals surface area contributed by atoms with Crippen LogP contribution in [0.1, 0.15) is 21.6 Å². The van der Waals surface area contributed by atoms with Crippen LogP contribution in [0.2, 0.25) is 5.02 Å². The van der Waals surface area contributed by atoms with Gasteiger partial charge in [0.2, 0.25) is 11.7 Å². The second kappa shape index (κ2) is 9.79. The fraction of sp³-hybridized carbons (Fsp3) is 0.111. The lowest BCUT2D eigenvalue weighted by atomic mass is 9.97. The minimum Gasteiger partial charge on any atom is -0.350 e. The van der Waals surface area contributed by atoms with Gasteiger partial charge in [0.05, 0.1) is 17.5 Å². The van der Waals surface area contributed by atoms with Crippen molar-refractivity contribution in [3.8, 4) is 23.0 Å². The summed E-state index contributed by atoms with van der Waals surface area (Å²) in [5.41, 5.74) is 4.13. The van der Waals surface area contributed by atoms with Gasteiger partial charge < -0.3 is 5.32 Å². The number of aromatic nitrogens is 2. The second-order valence-corrected chi connectivity index (χ2v) is 9.37. The number of hydrogen-bond donors (Lipinski definition) is 1. The predicted octanol–water partition coefficient (Wildman–Crippen LogP) is 5.44. The number of ketones is 1. The van der Waals surface area contributed by atoms with Crippen LogP contribution in [0.15, 0.2) is 83.8 Å². The summed E-state index contributed by atoms with van der Waals surface area (Å²) in [6, 6.07) is 26.4. The minimum atomic E-state index is -1.53. The predicted molar refractivity (Wildman–Crippen MR) is 135 cm³/mol. The van der Waals surface area contributed by atoms with E-state index >= 15 is 0 Å². The number of fused-ring (bicyclic) bond motifs is 3. The normalized spacial score (nSPS) is 12.7. The zero-order chi connectivity index (χ0) is 24.4. The zero-order valence-corrected chi connectivity index (χ0v) is 20.0. The third-order valence-corrected chi connectivity index (χ3v) is 7.26. The van der Waals surface area contributed by atoms with E-state index in [1.54, 1.807) is 40.7 Å². The Labute approximate surface area is 211 Å². The molecule has 1 unspecified atom stereocenters. The van der Waals surface area contributed by atoms with Crippen LogP contribution in [0.3, 0.4) is 0 Å². The summed E-state index contributed by atoms with van der Waals surface area (Å²) in [6.45, 7) is 0.115. The second-order valence-electron chi connectivity index (χ2n) is 7.94. The molecular formula is C27H19ClN4O2S. The first-order valence-corrected chi connectivity index (χ1v) is 12.3. The van der Waals surface area contributed by atoms with Crippen molar-refractivity contribution in [2.45, 2.75) is 17.2 Å². The number of nitriles is 1. The van der Waals surface area contributed by atoms with E-state index in [0.29, 0.717) is 16.3 Å². The highest BCUT2D eigenvalue weighted by Gasteiger charge is 2.35. The summed E-state index contributed by atoms with van der Waals surface area (Å²) in [4.78, 5) is 27.5. The molecule has 5 rings (SSSR count). The van der Waals surface area contributed by atoms with E-state index in [1.165, 1.54) is 0 Å². The third kappa shape index (κ3) is 4.34. The van der Waals surface area contributed by atoms with Crippen molar-refractivity contribution in [3.05, 3.63) is 101 Å². The first kappa shape index (κ1) is 22.9. The molecule has 172 valence electrons.